The number of amides is 5. The molecular weight excluding hydrogens is 610 g/mol. The van der Waals surface area contributed by atoms with Crippen LogP contribution in [0.15, 0.2) is 11.2 Å². The van der Waals surface area contributed by atoms with Crippen molar-refractivity contribution in [2.45, 2.75) is 114 Å². The smallest absolute Gasteiger partial charge is 0.245 e. The molecule has 3 aliphatic rings. The Morgan fingerprint density at radius 3 is 2.53 bits per heavy atom. The Morgan fingerprint density at radius 2 is 1.79 bits per heavy atom. The molecule has 1 aliphatic carbocycles. The van der Waals surface area contributed by atoms with Gasteiger partial charge in [-0.1, -0.05) is 24.5 Å². The number of primary amides is 1. The number of aliphatic imine (C=N–C) groups is 1. The van der Waals surface area contributed by atoms with Crippen LogP contribution in [0.5, 0.6) is 0 Å². The van der Waals surface area contributed by atoms with E-state index >= 15 is 0 Å². The molecule has 9 N–H and O–H groups in total. The second-order valence-corrected chi connectivity index (χ2v) is 12.5. The minimum atomic E-state index is -1.23. The van der Waals surface area contributed by atoms with Crippen LogP contribution in [0.1, 0.15) is 82.7 Å². The Kier molecular flexibility index (Phi) is 13.3. The number of nitrogens with zero attached hydrogens (tertiary/aromatic N) is 5. The van der Waals surface area contributed by atoms with Crippen molar-refractivity contribution in [3.63, 3.8) is 0 Å². The SMILES string of the molecule is NC(=O)C(CCCN=C(N)N)NC(=O)C1COCc2cn(nn2)CCCCC(=O)N2CCCC2C(=O)NC(C2CCCCC2)C(=O)N1. The topological polar surface area (TPSA) is 255 Å². The number of nitrogens with two attached hydrogens (primary N) is 3. The molecule has 260 valence electrons. The molecule has 4 atom stereocenters. The Labute approximate surface area is 274 Å². The van der Waals surface area contributed by atoms with Crippen molar-refractivity contribution in [1.29, 1.82) is 0 Å². The van der Waals surface area contributed by atoms with Crippen LogP contribution in [0.4, 0.5) is 0 Å². The molecule has 4 rings (SSSR count). The third-order valence-electron chi connectivity index (χ3n) is 8.96. The highest BCUT2D eigenvalue weighted by atomic mass is 16.5. The van der Waals surface area contributed by atoms with Gasteiger partial charge in [-0.25, -0.2) is 0 Å². The van der Waals surface area contributed by atoms with Crippen molar-refractivity contribution in [2.24, 2.45) is 28.1 Å². The molecule has 1 saturated carbocycles. The van der Waals surface area contributed by atoms with E-state index < -0.39 is 41.9 Å². The highest BCUT2D eigenvalue weighted by Gasteiger charge is 2.39. The summed E-state index contributed by atoms with van der Waals surface area (Å²) in [5.41, 5.74) is 16.8. The number of nitrogens with one attached hydrogen (secondary N) is 3. The van der Waals surface area contributed by atoms with Crippen LogP contribution in [0.2, 0.25) is 0 Å². The first-order valence-corrected chi connectivity index (χ1v) is 16.6. The van der Waals surface area contributed by atoms with Gasteiger partial charge in [-0.3, -0.25) is 33.6 Å². The van der Waals surface area contributed by atoms with Crippen molar-refractivity contribution >= 4 is 35.5 Å². The van der Waals surface area contributed by atoms with E-state index in [9.17, 15) is 24.0 Å². The van der Waals surface area contributed by atoms with E-state index in [4.69, 9.17) is 21.9 Å². The molecule has 2 aliphatic heterocycles. The lowest BCUT2D eigenvalue weighted by Crippen LogP contribution is -2.60. The molecule has 47 heavy (non-hydrogen) atoms. The third kappa shape index (κ3) is 10.6. The normalized spacial score (nSPS) is 24.5. The van der Waals surface area contributed by atoms with E-state index in [0.29, 0.717) is 57.3 Å². The summed E-state index contributed by atoms with van der Waals surface area (Å²) in [6.45, 7) is 1.02. The zero-order valence-electron chi connectivity index (χ0n) is 26.9. The molecule has 0 aromatic carbocycles. The van der Waals surface area contributed by atoms with Crippen molar-refractivity contribution in [3.05, 3.63) is 11.9 Å². The zero-order chi connectivity index (χ0) is 33.8. The number of rotatable bonds is 8. The lowest BCUT2D eigenvalue weighted by atomic mass is 9.83. The summed E-state index contributed by atoms with van der Waals surface area (Å²) in [5, 5.41) is 16.6. The molecule has 0 radical (unpaired) electrons. The average molecular weight is 660 g/mol. The maximum atomic E-state index is 14.0. The van der Waals surface area contributed by atoms with Gasteiger partial charge in [0.1, 0.15) is 29.9 Å². The summed E-state index contributed by atoms with van der Waals surface area (Å²) >= 11 is 0. The maximum absolute atomic E-state index is 14.0. The van der Waals surface area contributed by atoms with E-state index in [2.05, 4.69) is 31.3 Å². The molecule has 3 heterocycles. The van der Waals surface area contributed by atoms with E-state index in [1.807, 2.05) is 0 Å². The Balaban J connectivity index is 1.56. The summed E-state index contributed by atoms with van der Waals surface area (Å²) in [7, 11) is 0. The lowest BCUT2D eigenvalue weighted by Gasteiger charge is -2.33. The van der Waals surface area contributed by atoms with Crippen LogP contribution in [0.3, 0.4) is 0 Å². The summed E-state index contributed by atoms with van der Waals surface area (Å²) in [5.74, 6) is -2.69. The quantitative estimate of drug-likeness (QED) is 0.107. The van der Waals surface area contributed by atoms with Crippen LogP contribution in [-0.2, 0) is 41.9 Å². The molecule has 17 nitrogen and oxygen atoms in total. The Morgan fingerprint density at radius 1 is 1.00 bits per heavy atom. The van der Waals surface area contributed by atoms with Crippen molar-refractivity contribution < 1.29 is 28.7 Å². The summed E-state index contributed by atoms with van der Waals surface area (Å²) in [6, 6.07) is -3.87. The molecule has 1 aromatic heterocycles. The maximum Gasteiger partial charge on any atom is 0.245 e. The van der Waals surface area contributed by atoms with Crippen molar-refractivity contribution in [3.8, 4) is 0 Å². The van der Waals surface area contributed by atoms with Crippen LogP contribution < -0.4 is 33.2 Å². The third-order valence-corrected chi connectivity index (χ3v) is 8.96. The molecule has 0 spiro atoms. The van der Waals surface area contributed by atoms with Crippen molar-refractivity contribution in [1.82, 2.24) is 35.8 Å². The van der Waals surface area contributed by atoms with Gasteiger partial charge in [-0.15, -0.1) is 5.10 Å². The predicted molar refractivity (Wildman–Crippen MR) is 170 cm³/mol. The number of ether oxygens (including phenoxy) is 1. The van der Waals surface area contributed by atoms with E-state index in [-0.39, 0.29) is 49.9 Å². The van der Waals surface area contributed by atoms with Gasteiger partial charge in [0.25, 0.3) is 0 Å². The summed E-state index contributed by atoms with van der Waals surface area (Å²) in [6.07, 6.45) is 9.39. The molecular formula is C30H49N11O6. The molecule has 17 heteroatoms. The second kappa shape index (κ2) is 17.6. The lowest BCUT2D eigenvalue weighted by molar-refractivity contribution is -0.140. The first-order valence-electron chi connectivity index (χ1n) is 16.6. The number of hydrogen-bond donors (Lipinski definition) is 6. The number of guanidine groups is 1. The fourth-order valence-electron chi connectivity index (χ4n) is 6.45. The fourth-order valence-corrected chi connectivity index (χ4v) is 6.45. The van der Waals surface area contributed by atoms with E-state index in [0.717, 1.165) is 32.1 Å². The van der Waals surface area contributed by atoms with Gasteiger partial charge < -0.3 is 42.8 Å². The molecule has 2 bridgehead atoms. The van der Waals surface area contributed by atoms with Crippen LogP contribution >= 0.6 is 0 Å². The standard InChI is InChI=1S/C30H49N11O6/c31-26(43)21(10-6-13-34-30(32)33)35-27(44)22-18-47-17-20-16-40(39-38-20)14-5-4-12-24(42)41-15-7-11-23(41)28(45)37-25(29(46)36-22)19-8-2-1-3-9-19/h16,19,21-23,25H,1-15,17-18H2,(H2,31,43)(H,35,44)(H,36,46)(H,37,45)(H4,32,33,34). The number of carbonyl (C=O) groups is 5. The van der Waals surface area contributed by atoms with Gasteiger partial charge in [0.15, 0.2) is 5.96 Å². The van der Waals surface area contributed by atoms with Crippen LogP contribution in [0.25, 0.3) is 0 Å². The number of fused-ring (bicyclic) bond motifs is 3. The summed E-state index contributed by atoms with van der Waals surface area (Å²) < 4.78 is 7.48. The molecule has 4 unspecified atom stereocenters. The van der Waals surface area contributed by atoms with Gasteiger partial charge in [-0.05, 0) is 57.3 Å². The van der Waals surface area contributed by atoms with Gasteiger partial charge >= 0.3 is 0 Å². The largest absolute Gasteiger partial charge is 0.372 e. The first kappa shape index (κ1) is 35.6. The minimum absolute atomic E-state index is 0.00925. The predicted octanol–water partition coefficient (Wildman–Crippen LogP) is -1.46. The molecule has 5 amide bonds. The summed E-state index contributed by atoms with van der Waals surface area (Å²) in [4.78, 5) is 72.1. The van der Waals surface area contributed by atoms with Gasteiger partial charge in [0, 0.05) is 26.1 Å². The van der Waals surface area contributed by atoms with Gasteiger partial charge in [0.2, 0.25) is 29.5 Å². The average Bonchev–Trinajstić information content (AvgIpc) is 3.72. The number of aryl methyl sites for hydroxylation is 1. The Hall–Kier alpha value is -4.28. The molecule has 1 aromatic rings. The molecule has 2 fully saturated rings. The number of hydrogen-bond acceptors (Lipinski definition) is 9. The van der Waals surface area contributed by atoms with Crippen molar-refractivity contribution in [2.75, 3.05) is 19.7 Å². The monoisotopic (exact) mass is 659 g/mol. The second-order valence-electron chi connectivity index (χ2n) is 12.5. The number of carbonyl (C=O) groups excluding carboxylic acids is 5. The minimum Gasteiger partial charge on any atom is -0.372 e. The first-order chi connectivity index (χ1) is 22.6. The van der Waals surface area contributed by atoms with Gasteiger partial charge in [0.05, 0.1) is 19.4 Å². The highest BCUT2D eigenvalue weighted by molar-refractivity contribution is 5.95. The van der Waals surface area contributed by atoms with Crippen LogP contribution in [-0.4, -0.2) is 99.3 Å². The van der Waals surface area contributed by atoms with Crippen LogP contribution in [0, 0.1) is 5.92 Å². The number of aromatic nitrogens is 3. The van der Waals surface area contributed by atoms with Gasteiger partial charge in [-0.2, -0.15) is 0 Å². The van der Waals surface area contributed by atoms with E-state index in [1.165, 1.54) is 0 Å². The molecule has 1 saturated heterocycles. The van der Waals surface area contributed by atoms with E-state index in [1.54, 1.807) is 15.8 Å². The fraction of sp³-hybridized carbons (Fsp3) is 0.733. The highest BCUT2D eigenvalue weighted by Crippen LogP contribution is 2.28. The zero-order valence-corrected chi connectivity index (χ0v) is 26.9. The Bertz CT molecular complexity index is 1280.